The molecular weight excluding hydrogens is 566 g/mol. The van der Waals surface area contributed by atoms with Crippen molar-refractivity contribution < 1.29 is 14.2 Å². The molecule has 226 valence electrons. The number of para-hydroxylation sites is 1. The second kappa shape index (κ2) is 13.3. The minimum atomic E-state index is 0.509. The number of rotatable bonds is 11. The summed E-state index contributed by atoms with van der Waals surface area (Å²) in [6.07, 6.45) is 1.70. The van der Waals surface area contributed by atoms with Crippen molar-refractivity contribution in [2.75, 3.05) is 31.5 Å². The Hall–Kier alpha value is -5.77. The number of fused-ring (bicyclic) bond motifs is 1. The normalized spacial score (nSPS) is 10.8. The predicted octanol–water partition coefficient (Wildman–Crippen LogP) is 6.77. The van der Waals surface area contributed by atoms with Crippen molar-refractivity contribution in [2.45, 2.75) is 20.0 Å². The van der Waals surface area contributed by atoms with E-state index in [2.05, 4.69) is 21.3 Å². The minimum absolute atomic E-state index is 0.509. The summed E-state index contributed by atoms with van der Waals surface area (Å²) in [5, 5.41) is 4.39. The Morgan fingerprint density at radius 2 is 1.36 bits per heavy atom. The first-order valence-electron chi connectivity index (χ1n) is 14.4. The van der Waals surface area contributed by atoms with Gasteiger partial charge < -0.3 is 24.4 Å². The van der Waals surface area contributed by atoms with E-state index < -0.39 is 0 Å². The molecule has 0 radical (unpaired) electrons. The van der Waals surface area contributed by atoms with Crippen molar-refractivity contribution in [1.29, 1.82) is 0 Å². The van der Waals surface area contributed by atoms with Crippen LogP contribution < -0.4 is 24.4 Å². The van der Waals surface area contributed by atoms with Gasteiger partial charge in [0.15, 0.2) is 5.82 Å². The monoisotopic (exact) mass is 599 g/mol. The molecule has 3 heterocycles. The molecule has 3 aromatic heterocycles. The second-order valence-corrected chi connectivity index (χ2v) is 10.3. The molecule has 45 heavy (non-hydrogen) atoms. The summed E-state index contributed by atoms with van der Waals surface area (Å²) >= 11 is 0. The van der Waals surface area contributed by atoms with Crippen LogP contribution in [-0.2, 0) is 13.1 Å². The van der Waals surface area contributed by atoms with Crippen LogP contribution in [0.2, 0.25) is 0 Å². The number of nitrogens with zero attached hydrogens (tertiary/aromatic N) is 6. The highest BCUT2D eigenvalue weighted by atomic mass is 16.5. The third-order valence-electron chi connectivity index (χ3n) is 7.26. The average molecular weight is 600 g/mol. The molecule has 0 aliphatic rings. The lowest BCUT2D eigenvalue weighted by atomic mass is 10.1. The van der Waals surface area contributed by atoms with Gasteiger partial charge in [-0.05, 0) is 60.5 Å². The van der Waals surface area contributed by atoms with Crippen molar-refractivity contribution >= 4 is 28.4 Å². The number of methoxy groups -OCH3 is 3. The highest BCUT2D eigenvalue weighted by Gasteiger charge is 2.19. The number of aryl methyl sites for hydroxylation is 1. The zero-order valence-electron chi connectivity index (χ0n) is 25.6. The molecule has 10 nitrogen and oxygen atoms in total. The Bertz CT molecular complexity index is 1850. The molecule has 1 N–H and O–H groups in total. The Kier molecular flexibility index (Phi) is 8.63. The maximum Gasteiger partial charge on any atom is 0.229 e. The van der Waals surface area contributed by atoms with Gasteiger partial charge >= 0.3 is 0 Å². The minimum Gasteiger partial charge on any atom is -0.497 e. The van der Waals surface area contributed by atoms with Crippen LogP contribution in [0.15, 0.2) is 97.2 Å². The number of benzene rings is 3. The van der Waals surface area contributed by atoms with E-state index >= 15 is 0 Å². The summed E-state index contributed by atoms with van der Waals surface area (Å²) in [7, 11) is 4.91. The summed E-state index contributed by atoms with van der Waals surface area (Å²) < 4.78 is 16.0. The van der Waals surface area contributed by atoms with Gasteiger partial charge in [0.1, 0.15) is 23.1 Å². The van der Waals surface area contributed by atoms with E-state index in [0.717, 1.165) is 44.8 Å². The molecule has 6 rings (SSSR count). The molecule has 3 aromatic carbocycles. The van der Waals surface area contributed by atoms with Gasteiger partial charge in [0.25, 0.3) is 0 Å². The van der Waals surface area contributed by atoms with Crippen LogP contribution in [-0.4, -0.2) is 46.2 Å². The van der Waals surface area contributed by atoms with Crippen LogP contribution in [0.3, 0.4) is 0 Å². The molecule has 0 spiro atoms. The number of anilines is 3. The number of nitrogens with one attached hydrogen (secondary N) is 1. The zero-order valence-corrected chi connectivity index (χ0v) is 25.6. The average Bonchev–Trinajstić information content (AvgIpc) is 3.08. The smallest absolute Gasteiger partial charge is 0.229 e. The fourth-order valence-electron chi connectivity index (χ4n) is 4.92. The molecule has 0 atom stereocenters. The summed E-state index contributed by atoms with van der Waals surface area (Å²) in [6, 6.07) is 29.7. The Labute approximate surface area is 261 Å². The van der Waals surface area contributed by atoms with Crippen molar-refractivity contribution in [1.82, 2.24) is 24.9 Å². The Morgan fingerprint density at radius 1 is 0.689 bits per heavy atom. The van der Waals surface area contributed by atoms with Crippen LogP contribution >= 0.6 is 0 Å². The molecule has 0 aliphatic carbocycles. The van der Waals surface area contributed by atoms with E-state index in [0.29, 0.717) is 42.4 Å². The first-order chi connectivity index (χ1) is 22.0. The summed E-state index contributed by atoms with van der Waals surface area (Å²) in [4.78, 5) is 26.1. The van der Waals surface area contributed by atoms with Gasteiger partial charge in [0, 0.05) is 24.5 Å². The quantitative estimate of drug-likeness (QED) is 0.171. The molecule has 0 amide bonds. The molecule has 0 saturated heterocycles. The molecule has 10 heteroatoms. The van der Waals surface area contributed by atoms with E-state index in [1.807, 2.05) is 85.8 Å². The van der Waals surface area contributed by atoms with Crippen LogP contribution in [0.25, 0.3) is 22.3 Å². The lowest BCUT2D eigenvalue weighted by Gasteiger charge is -2.24. The van der Waals surface area contributed by atoms with Gasteiger partial charge in [-0.15, -0.1) is 0 Å². The van der Waals surface area contributed by atoms with E-state index in [1.165, 1.54) is 0 Å². The van der Waals surface area contributed by atoms with Crippen LogP contribution in [0.1, 0.15) is 17.0 Å². The molecule has 0 fully saturated rings. The summed E-state index contributed by atoms with van der Waals surface area (Å²) in [5.41, 5.74) is 4.52. The number of aromatic nitrogens is 5. The van der Waals surface area contributed by atoms with Crippen LogP contribution in [0.4, 0.5) is 17.5 Å². The number of ether oxygens (including phenoxy) is 3. The number of hydrogen-bond donors (Lipinski definition) is 1. The number of hydrogen-bond acceptors (Lipinski definition) is 10. The maximum atomic E-state index is 5.37. The third kappa shape index (κ3) is 6.91. The van der Waals surface area contributed by atoms with Crippen molar-refractivity contribution in [3.05, 3.63) is 114 Å². The fraction of sp³-hybridized carbons (Fsp3) is 0.171. The van der Waals surface area contributed by atoms with Gasteiger partial charge in [0.2, 0.25) is 11.8 Å². The largest absolute Gasteiger partial charge is 0.497 e. The second-order valence-electron chi connectivity index (χ2n) is 10.3. The summed E-state index contributed by atoms with van der Waals surface area (Å²) in [6.45, 7) is 3.01. The standard InChI is InChI=1S/C35H33N7O3/c1-23-37-33(30-19-26-7-5-6-8-31(26)40-34(30)39-27-13-18-32(45-4)36-20-27)41-35(38-23)42(21-24-9-14-28(43-2)15-10-24)22-25-11-16-29(44-3)17-12-25/h5-20H,21-22H2,1-4H3,(H,39,40). The Balaban J connectivity index is 1.42. The first kappa shape index (κ1) is 29.3. The zero-order chi connectivity index (χ0) is 31.2. The SMILES string of the molecule is COc1ccc(CN(Cc2ccc(OC)cc2)c2nc(C)nc(-c3cc4ccccc4nc3Nc3ccc(OC)nc3)n2)cc1. The van der Waals surface area contributed by atoms with Gasteiger partial charge in [-0.1, -0.05) is 42.5 Å². The van der Waals surface area contributed by atoms with Gasteiger partial charge in [-0.3, -0.25) is 0 Å². The molecule has 0 bridgehead atoms. The molecule has 0 unspecified atom stereocenters. The molecule has 0 aliphatic heterocycles. The predicted molar refractivity (Wildman–Crippen MR) is 175 cm³/mol. The molecular formula is C35H33N7O3. The maximum absolute atomic E-state index is 5.37. The van der Waals surface area contributed by atoms with E-state index in [-0.39, 0.29) is 0 Å². The van der Waals surface area contributed by atoms with Gasteiger partial charge in [-0.25, -0.2) is 15.0 Å². The van der Waals surface area contributed by atoms with Crippen LogP contribution in [0.5, 0.6) is 17.4 Å². The lowest BCUT2D eigenvalue weighted by Crippen LogP contribution is -2.25. The van der Waals surface area contributed by atoms with Gasteiger partial charge in [-0.2, -0.15) is 9.97 Å². The van der Waals surface area contributed by atoms with Crippen molar-refractivity contribution in [3.63, 3.8) is 0 Å². The van der Waals surface area contributed by atoms with Crippen molar-refractivity contribution in [3.8, 4) is 28.8 Å². The summed E-state index contributed by atoms with van der Waals surface area (Å²) in [5.74, 6) is 4.38. The lowest BCUT2D eigenvalue weighted by molar-refractivity contribution is 0.398. The number of pyridine rings is 2. The van der Waals surface area contributed by atoms with Gasteiger partial charge in [0.05, 0.1) is 44.3 Å². The highest BCUT2D eigenvalue weighted by Crippen LogP contribution is 2.32. The third-order valence-corrected chi connectivity index (χ3v) is 7.26. The van der Waals surface area contributed by atoms with E-state index in [4.69, 9.17) is 34.1 Å². The topological polar surface area (TPSA) is 107 Å². The Morgan fingerprint density at radius 3 is 1.96 bits per heavy atom. The van der Waals surface area contributed by atoms with Crippen molar-refractivity contribution in [2.24, 2.45) is 0 Å². The van der Waals surface area contributed by atoms with E-state index in [1.54, 1.807) is 33.6 Å². The highest BCUT2D eigenvalue weighted by molar-refractivity contribution is 5.89. The van der Waals surface area contributed by atoms with E-state index in [9.17, 15) is 0 Å². The molecule has 0 saturated carbocycles. The molecule has 6 aromatic rings. The fourth-order valence-corrected chi connectivity index (χ4v) is 4.92. The van der Waals surface area contributed by atoms with Crippen LogP contribution in [0, 0.1) is 6.92 Å². The first-order valence-corrected chi connectivity index (χ1v) is 14.4.